The molecule has 0 aromatic carbocycles. The first kappa shape index (κ1) is 6.65. The molecule has 2 heteroatoms. The van der Waals surface area contributed by atoms with Crippen molar-refractivity contribution in [1.82, 2.24) is 4.98 Å². The van der Waals surface area contributed by atoms with Gasteiger partial charge in [-0.3, -0.25) is 0 Å². The zero-order chi connectivity index (χ0) is 8.06. The highest BCUT2D eigenvalue weighted by atomic mass is 16.5. The monoisotopic (exact) mass is 149 g/mol. The minimum atomic E-state index is -0.117. The van der Waals surface area contributed by atoms with E-state index in [4.69, 9.17) is 4.74 Å². The zero-order valence-electron chi connectivity index (χ0n) is 7.01. The zero-order valence-corrected chi connectivity index (χ0v) is 7.01. The van der Waals surface area contributed by atoms with Crippen LogP contribution in [0.3, 0.4) is 0 Å². The third kappa shape index (κ3) is 0.821. The van der Waals surface area contributed by atoms with Crippen LogP contribution in [0.15, 0.2) is 12.3 Å². The van der Waals surface area contributed by atoms with E-state index in [1.807, 2.05) is 13.1 Å². The lowest BCUT2D eigenvalue weighted by Crippen LogP contribution is -2.35. The Morgan fingerprint density at radius 2 is 2.18 bits per heavy atom. The van der Waals surface area contributed by atoms with Gasteiger partial charge >= 0.3 is 0 Å². The summed E-state index contributed by atoms with van der Waals surface area (Å²) in [4.78, 5) is 4.14. The lowest BCUT2D eigenvalue weighted by atomic mass is 9.93. The number of rotatable bonds is 0. The molecule has 1 aliphatic rings. The Kier molecular flexibility index (Phi) is 1.06. The molecule has 1 aromatic rings. The number of aromatic nitrogens is 1. The summed E-state index contributed by atoms with van der Waals surface area (Å²) in [5.74, 6) is 0.792. The molecule has 0 N–H and O–H groups in total. The average Bonchev–Trinajstić information content (AvgIpc) is 1.92. The molecular weight excluding hydrogens is 138 g/mol. The van der Waals surface area contributed by atoms with Gasteiger partial charge in [0.15, 0.2) is 0 Å². The van der Waals surface area contributed by atoms with Crippen molar-refractivity contribution in [2.75, 3.05) is 0 Å². The van der Waals surface area contributed by atoms with E-state index < -0.39 is 0 Å². The summed E-state index contributed by atoms with van der Waals surface area (Å²) in [7, 11) is 0. The molecule has 0 atom stereocenters. The van der Waals surface area contributed by atoms with E-state index in [9.17, 15) is 0 Å². The van der Waals surface area contributed by atoms with E-state index in [0.717, 1.165) is 5.88 Å². The van der Waals surface area contributed by atoms with Crippen LogP contribution in [0.25, 0.3) is 0 Å². The van der Waals surface area contributed by atoms with Crippen molar-refractivity contribution in [2.24, 2.45) is 0 Å². The highest BCUT2D eigenvalue weighted by molar-refractivity contribution is 5.41. The molecule has 2 rings (SSSR count). The van der Waals surface area contributed by atoms with Crippen molar-refractivity contribution < 1.29 is 4.74 Å². The second-order valence-electron chi connectivity index (χ2n) is 3.48. The van der Waals surface area contributed by atoms with E-state index in [-0.39, 0.29) is 5.60 Å². The minimum Gasteiger partial charge on any atom is -0.466 e. The van der Waals surface area contributed by atoms with Crippen LogP contribution in [0, 0.1) is 6.92 Å². The predicted octanol–water partition coefficient (Wildman–Crippen LogP) is 2.02. The molecule has 0 unspecified atom stereocenters. The normalized spacial score (nSPS) is 18.1. The molecule has 58 valence electrons. The molecule has 2 nitrogen and oxygen atoms in total. The molecule has 11 heavy (non-hydrogen) atoms. The van der Waals surface area contributed by atoms with Gasteiger partial charge in [0.05, 0.1) is 5.56 Å². The first-order chi connectivity index (χ1) is 5.09. The number of fused-ring (bicyclic) bond motifs is 1. The summed E-state index contributed by atoms with van der Waals surface area (Å²) in [6.07, 6.45) is 1.83. The van der Waals surface area contributed by atoms with Gasteiger partial charge in [-0.25, -0.2) is 4.98 Å². The Morgan fingerprint density at radius 1 is 1.45 bits per heavy atom. The summed E-state index contributed by atoms with van der Waals surface area (Å²) < 4.78 is 5.42. The van der Waals surface area contributed by atoms with Gasteiger partial charge < -0.3 is 4.74 Å². The van der Waals surface area contributed by atoms with Gasteiger partial charge in [0, 0.05) is 6.20 Å². The molecule has 0 aliphatic carbocycles. The van der Waals surface area contributed by atoms with Crippen molar-refractivity contribution in [3.63, 3.8) is 0 Å². The van der Waals surface area contributed by atoms with E-state index in [1.165, 1.54) is 11.1 Å². The van der Waals surface area contributed by atoms with Crippen molar-refractivity contribution in [3.05, 3.63) is 23.4 Å². The van der Waals surface area contributed by atoms with Crippen molar-refractivity contribution in [1.29, 1.82) is 0 Å². The first-order valence-electron chi connectivity index (χ1n) is 3.76. The molecule has 0 saturated carbocycles. The number of nitrogens with zero attached hydrogens (tertiary/aromatic N) is 1. The minimum absolute atomic E-state index is 0.117. The summed E-state index contributed by atoms with van der Waals surface area (Å²) in [6.45, 7) is 6.15. The Bertz CT molecular complexity index is 304. The van der Waals surface area contributed by atoms with Gasteiger partial charge in [-0.1, -0.05) is 0 Å². The van der Waals surface area contributed by atoms with E-state index in [2.05, 4.69) is 24.9 Å². The fourth-order valence-electron chi connectivity index (χ4n) is 1.32. The SMILES string of the molecule is Cc1cnc2c(c1)C(C)(C)O2. The van der Waals surface area contributed by atoms with Crippen molar-refractivity contribution in [2.45, 2.75) is 26.4 Å². The topological polar surface area (TPSA) is 22.1 Å². The van der Waals surface area contributed by atoms with E-state index in [1.54, 1.807) is 0 Å². The molecular formula is C9H11NO. The first-order valence-corrected chi connectivity index (χ1v) is 3.76. The number of ether oxygens (including phenoxy) is 1. The maximum absolute atomic E-state index is 5.42. The summed E-state index contributed by atoms with van der Waals surface area (Å²) in [5, 5.41) is 0. The molecule has 0 radical (unpaired) electrons. The third-order valence-corrected chi connectivity index (χ3v) is 1.99. The molecule has 0 bridgehead atoms. The van der Waals surface area contributed by atoms with Crippen LogP contribution in [0.2, 0.25) is 0 Å². The van der Waals surface area contributed by atoms with Crippen LogP contribution in [-0.2, 0) is 5.60 Å². The van der Waals surface area contributed by atoms with E-state index in [0.29, 0.717) is 0 Å². The highest BCUT2D eigenvalue weighted by Gasteiger charge is 2.37. The Balaban J connectivity index is 2.53. The summed E-state index contributed by atoms with van der Waals surface area (Å²) in [6, 6.07) is 2.13. The molecule has 0 saturated heterocycles. The van der Waals surface area contributed by atoms with Crippen LogP contribution < -0.4 is 4.74 Å². The maximum atomic E-state index is 5.42. The highest BCUT2D eigenvalue weighted by Crippen LogP contribution is 2.41. The standard InChI is InChI=1S/C9H11NO/c1-6-4-7-8(10-5-6)11-9(7,2)3/h4-5H,1-3H3. The summed E-state index contributed by atoms with van der Waals surface area (Å²) in [5.41, 5.74) is 2.30. The van der Waals surface area contributed by atoms with Crippen LogP contribution in [-0.4, -0.2) is 4.98 Å². The molecule has 2 heterocycles. The lowest BCUT2D eigenvalue weighted by molar-refractivity contribution is 0.0434. The molecule has 0 spiro atoms. The van der Waals surface area contributed by atoms with Crippen molar-refractivity contribution in [3.8, 4) is 5.88 Å². The second kappa shape index (κ2) is 1.76. The van der Waals surface area contributed by atoms with Gasteiger partial charge in [-0.15, -0.1) is 0 Å². The largest absolute Gasteiger partial charge is 0.466 e. The third-order valence-electron chi connectivity index (χ3n) is 1.99. The van der Waals surface area contributed by atoms with E-state index >= 15 is 0 Å². The van der Waals surface area contributed by atoms with Crippen LogP contribution in [0.1, 0.15) is 25.0 Å². The Hall–Kier alpha value is -1.05. The lowest BCUT2D eigenvalue weighted by Gasteiger charge is -2.37. The molecule has 1 aromatic heterocycles. The maximum Gasteiger partial charge on any atom is 0.221 e. The van der Waals surface area contributed by atoms with Crippen molar-refractivity contribution >= 4 is 0 Å². The molecule has 0 fully saturated rings. The van der Waals surface area contributed by atoms with Gasteiger partial charge in [0.1, 0.15) is 5.60 Å². The predicted molar refractivity (Wildman–Crippen MR) is 42.6 cm³/mol. The summed E-state index contributed by atoms with van der Waals surface area (Å²) >= 11 is 0. The number of hydrogen-bond donors (Lipinski definition) is 0. The van der Waals surface area contributed by atoms with Gasteiger partial charge in [0.25, 0.3) is 0 Å². The van der Waals surface area contributed by atoms with Crippen LogP contribution >= 0.6 is 0 Å². The van der Waals surface area contributed by atoms with Gasteiger partial charge in [-0.2, -0.15) is 0 Å². The van der Waals surface area contributed by atoms with Gasteiger partial charge in [-0.05, 0) is 32.4 Å². The second-order valence-corrected chi connectivity index (χ2v) is 3.48. The average molecular weight is 149 g/mol. The number of aryl methyl sites for hydroxylation is 1. The van der Waals surface area contributed by atoms with Crippen LogP contribution in [0.4, 0.5) is 0 Å². The quantitative estimate of drug-likeness (QED) is 0.563. The Morgan fingerprint density at radius 3 is 2.73 bits per heavy atom. The van der Waals surface area contributed by atoms with Crippen LogP contribution in [0.5, 0.6) is 5.88 Å². The number of pyridine rings is 1. The Labute approximate surface area is 66.2 Å². The smallest absolute Gasteiger partial charge is 0.221 e. The fraction of sp³-hybridized carbons (Fsp3) is 0.444. The van der Waals surface area contributed by atoms with Gasteiger partial charge in [0.2, 0.25) is 5.88 Å². The molecule has 1 aliphatic heterocycles. The molecule has 0 amide bonds. The fourth-order valence-corrected chi connectivity index (χ4v) is 1.32. The number of hydrogen-bond acceptors (Lipinski definition) is 2.